The maximum absolute atomic E-state index is 14.3. The number of carboxylic acids is 2. The lowest BCUT2D eigenvalue weighted by Crippen LogP contribution is -2.34. The van der Waals surface area contributed by atoms with Gasteiger partial charge in [0.1, 0.15) is 0 Å². The first-order valence-electron chi connectivity index (χ1n) is 20.3. The summed E-state index contributed by atoms with van der Waals surface area (Å²) < 4.78 is 11.9. The Morgan fingerprint density at radius 3 is 1.28 bits per heavy atom. The zero-order valence-electron chi connectivity index (χ0n) is 34.6. The van der Waals surface area contributed by atoms with Crippen molar-refractivity contribution < 1.29 is 38.9 Å². The van der Waals surface area contributed by atoms with Crippen molar-refractivity contribution in [3.63, 3.8) is 0 Å². The monoisotopic (exact) mass is 774 g/mol. The minimum absolute atomic E-state index is 0.164. The topological polar surface area (TPSA) is 127 Å². The highest BCUT2D eigenvalue weighted by Gasteiger charge is 2.43. The molecule has 4 aromatic rings. The molecular weight excluding hydrogens is 717 g/mol. The summed E-state index contributed by atoms with van der Waals surface area (Å²) in [6.07, 6.45) is 1.83. The molecule has 0 heterocycles. The Bertz CT molecular complexity index is 1950. The number of carbonyl (C=O) groups is 4. The van der Waals surface area contributed by atoms with Crippen molar-refractivity contribution in [2.75, 3.05) is 13.2 Å². The molecule has 2 aliphatic carbocycles. The van der Waals surface area contributed by atoms with Crippen LogP contribution in [0.2, 0.25) is 0 Å². The molecule has 4 atom stereocenters. The fraction of sp³-hybridized carbons (Fsp3) is 0.429. The molecular formula is C49H58O8. The molecule has 0 saturated carbocycles. The molecule has 8 nitrogen and oxygen atoms in total. The Morgan fingerprint density at radius 2 is 0.930 bits per heavy atom. The van der Waals surface area contributed by atoms with Crippen molar-refractivity contribution in [1.82, 2.24) is 0 Å². The highest BCUT2D eigenvalue weighted by molar-refractivity contribution is 5.93. The van der Waals surface area contributed by atoms with E-state index in [4.69, 9.17) is 19.7 Å². The van der Waals surface area contributed by atoms with Gasteiger partial charge in [-0.3, -0.25) is 19.2 Å². The lowest BCUT2D eigenvalue weighted by Gasteiger charge is -2.29. The summed E-state index contributed by atoms with van der Waals surface area (Å²) in [5.41, 5.74) is 10.9. The van der Waals surface area contributed by atoms with Crippen molar-refractivity contribution in [1.29, 1.82) is 0 Å². The van der Waals surface area contributed by atoms with Gasteiger partial charge in [0.05, 0.1) is 36.9 Å². The summed E-state index contributed by atoms with van der Waals surface area (Å²) in [4.78, 5) is 50.6. The molecule has 0 fully saturated rings. The summed E-state index contributed by atoms with van der Waals surface area (Å²) in [6.45, 7) is 16.0. The van der Waals surface area contributed by atoms with E-state index in [9.17, 15) is 19.2 Å². The van der Waals surface area contributed by atoms with Gasteiger partial charge < -0.3 is 19.7 Å². The predicted molar refractivity (Wildman–Crippen MR) is 223 cm³/mol. The number of rotatable bonds is 15. The van der Waals surface area contributed by atoms with Crippen LogP contribution in [0, 0.1) is 35.5 Å². The van der Waals surface area contributed by atoms with Gasteiger partial charge in [0.15, 0.2) is 0 Å². The van der Waals surface area contributed by atoms with Gasteiger partial charge in [-0.05, 0) is 98.6 Å². The highest BCUT2D eigenvalue weighted by Crippen LogP contribution is 2.48. The van der Waals surface area contributed by atoms with Gasteiger partial charge in [0.25, 0.3) is 0 Å². The van der Waals surface area contributed by atoms with Crippen molar-refractivity contribution in [2.45, 2.75) is 86.5 Å². The molecule has 0 bridgehead atoms. The summed E-state index contributed by atoms with van der Waals surface area (Å²) in [5.74, 6) is -5.71. The lowest BCUT2D eigenvalue weighted by molar-refractivity contribution is -0.156. The van der Waals surface area contributed by atoms with Crippen LogP contribution >= 0.6 is 0 Å². The maximum atomic E-state index is 14.3. The normalized spacial score (nSPS) is 14.5. The molecule has 4 aromatic carbocycles. The number of aliphatic carboxylic acids is 2. The van der Waals surface area contributed by atoms with Crippen LogP contribution in [-0.4, -0.2) is 47.3 Å². The van der Waals surface area contributed by atoms with Gasteiger partial charge in [-0.2, -0.15) is 0 Å². The molecule has 57 heavy (non-hydrogen) atoms. The van der Waals surface area contributed by atoms with Gasteiger partial charge >= 0.3 is 23.9 Å². The third kappa shape index (κ3) is 9.84. The number of carboxylic acid groups (broad SMARTS) is 2. The average molecular weight is 775 g/mol. The van der Waals surface area contributed by atoms with Crippen molar-refractivity contribution in [3.05, 3.63) is 118 Å². The SMILES string of the molecule is CC(C)CC(C(=O)O)C(C(=O)O)C(C)C.CC(C)COC(=O)C(c1cccc2c1Cc1ccccc1-2)C(C(=O)OCC(C)C)c1cccc2c1Cc1ccccc1-2. The fourth-order valence-corrected chi connectivity index (χ4v) is 8.34. The third-order valence-corrected chi connectivity index (χ3v) is 10.9. The zero-order valence-corrected chi connectivity index (χ0v) is 34.6. The average Bonchev–Trinajstić information content (AvgIpc) is 3.73. The molecule has 2 aliphatic rings. The Labute approximate surface area is 337 Å². The Balaban J connectivity index is 0.000000352. The highest BCUT2D eigenvalue weighted by atomic mass is 16.5. The molecule has 6 rings (SSSR count). The van der Waals surface area contributed by atoms with Crippen LogP contribution in [0.25, 0.3) is 22.3 Å². The molecule has 0 aromatic heterocycles. The van der Waals surface area contributed by atoms with Crippen LogP contribution in [0.3, 0.4) is 0 Å². The van der Waals surface area contributed by atoms with E-state index >= 15 is 0 Å². The first kappa shape index (κ1) is 42.9. The molecule has 0 amide bonds. The summed E-state index contributed by atoms with van der Waals surface area (Å²) >= 11 is 0. The number of ether oxygens (including phenoxy) is 2. The largest absolute Gasteiger partial charge is 0.481 e. The first-order chi connectivity index (χ1) is 27.1. The number of hydrogen-bond donors (Lipinski definition) is 2. The van der Waals surface area contributed by atoms with Gasteiger partial charge in [-0.15, -0.1) is 0 Å². The van der Waals surface area contributed by atoms with Gasteiger partial charge in [0.2, 0.25) is 0 Å². The Kier molecular flexibility index (Phi) is 14.1. The van der Waals surface area contributed by atoms with E-state index in [0.717, 1.165) is 33.4 Å². The Morgan fingerprint density at radius 1 is 0.526 bits per heavy atom. The van der Waals surface area contributed by atoms with Gasteiger partial charge in [-0.25, -0.2) is 0 Å². The summed E-state index contributed by atoms with van der Waals surface area (Å²) in [6, 6.07) is 29.0. The second-order valence-corrected chi connectivity index (χ2v) is 17.1. The third-order valence-electron chi connectivity index (χ3n) is 10.9. The quantitative estimate of drug-likeness (QED) is 0.0988. The van der Waals surface area contributed by atoms with Crippen LogP contribution in [0.4, 0.5) is 0 Å². The number of fused-ring (bicyclic) bond motifs is 6. The molecule has 0 aliphatic heterocycles. The molecule has 4 unspecified atom stereocenters. The van der Waals surface area contributed by atoms with Crippen LogP contribution < -0.4 is 0 Å². The molecule has 8 heteroatoms. The fourth-order valence-electron chi connectivity index (χ4n) is 8.34. The van der Waals surface area contributed by atoms with E-state index in [1.807, 2.05) is 77.9 Å². The summed E-state index contributed by atoms with van der Waals surface area (Å²) in [5, 5.41) is 18.0. The van der Waals surface area contributed by atoms with Crippen LogP contribution in [0.15, 0.2) is 84.9 Å². The lowest BCUT2D eigenvalue weighted by atomic mass is 9.76. The molecule has 0 saturated heterocycles. The number of hydrogen-bond acceptors (Lipinski definition) is 6. The smallest absolute Gasteiger partial charge is 0.314 e. The van der Waals surface area contributed by atoms with E-state index in [2.05, 4.69) is 48.5 Å². The van der Waals surface area contributed by atoms with E-state index in [1.54, 1.807) is 13.8 Å². The van der Waals surface area contributed by atoms with E-state index in [1.165, 1.54) is 22.3 Å². The van der Waals surface area contributed by atoms with Crippen LogP contribution in [0.1, 0.15) is 107 Å². The maximum Gasteiger partial charge on any atom is 0.314 e. The second kappa shape index (κ2) is 18.8. The minimum atomic E-state index is -1.02. The predicted octanol–water partition coefficient (Wildman–Crippen LogP) is 10.2. The number of carbonyl (C=O) groups excluding carboxylic acids is 2. The Hall–Kier alpha value is -5.24. The molecule has 0 spiro atoms. The molecule has 0 radical (unpaired) electrons. The van der Waals surface area contributed by atoms with E-state index in [0.29, 0.717) is 19.3 Å². The van der Waals surface area contributed by atoms with Gasteiger partial charge in [0, 0.05) is 0 Å². The molecule has 2 N–H and O–H groups in total. The number of benzene rings is 4. The number of esters is 2. The van der Waals surface area contributed by atoms with Crippen LogP contribution in [-0.2, 0) is 41.5 Å². The van der Waals surface area contributed by atoms with Crippen molar-refractivity contribution >= 4 is 23.9 Å². The minimum Gasteiger partial charge on any atom is -0.481 e. The van der Waals surface area contributed by atoms with E-state index in [-0.39, 0.29) is 48.8 Å². The zero-order chi connectivity index (χ0) is 41.6. The standard InChI is InChI=1S/C38H38O4.C11H20O4/c1-23(2)21-41-37(39)35(31-17-9-15-29-27-13-7-5-11-25(27)19-33(29)31)36(38(40)42-22-24(3)4)32-18-10-16-30-28-14-8-6-12-26(28)20-34(30)32;1-6(2)5-8(10(12)13)9(7(3)4)11(14)15/h5-18,23-24,35-36H,19-22H2,1-4H3;6-9H,5H2,1-4H3,(H,12,13)(H,14,15). The van der Waals surface area contributed by atoms with E-state index < -0.39 is 35.6 Å². The summed E-state index contributed by atoms with van der Waals surface area (Å²) in [7, 11) is 0. The second-order valence-electron chi connectivity index (χ2n) is 17.1. The van der Waals surface area contributed by atoms with Crippen molar-refractivity contribution in [3.8, 4) is 22.3 Å². The molecule has 302 valence electrons. The first-order valence-corrected chi connectivity index (χ1v) is 20.3. The van der Waals surface area contributed by atoms with Crippen molar-refractivity contribution in [2.24, 2.45) is 35.5 Å². The van der Waals surface area contributed by atoms with Crippen LogP contribution in [0.5, 0.6) is 0 Å². The van der Waals surface area contributed by atoms with Gasteiger partial charge in [-0.1, -0.05) is 140 Å².